The molecule has 0 radical (unpaired) electrons. The van der Waals surface area contributed by atoms with Crippen molar-refractivity contribution in [2.75, 3.05) is 24.7 Å². The molecule has 1 aliphatic rings. The fourth-order valence-electron chi connectivity index (χ4n) is 3.01. The topological polar surface area (TPSA) is 76.6 Å². The summed E-state index contributed by atoms with van der Waals surface area (Å²) in [6.45, 7) is 3.92. The summed E-state index contributed by atoms with van der Waals surface area (Å²) in [4.78, 5) is 28.2. The molecule has 1 aromatic carbocycles. The van der Waals surface area contributed by atoms with E-state index in [0.29, 0.717) is 16.1 Å². The first-order chi connectivity index (χ1) is 12.0. The molecule has 2 amide bonds. The van der Waals surface area contributed by atoms with Crippen molar-refractivity contribution in [2.45, 2.75) is 24.8 Å². The van der Waals surface area contributed by atoms with Gasteiger partial charge in [0.1, 0.15) is 11.5 Å². The quantitative estimate of drug-likeness (QED) is 0.696. The normalized spacial score (nSPS) is 16.3. The maximum atomic E-state index is 12.6. The predicted octanol–water partition coefficient (Wildman–Crippen LogP) is 1.78. The summed E-state index contributed by atoms with van der Waals surface area (Å²) >= 11 is 3.20. The second-order valence-corrected chi connectivity index (χ2v) is 8.56. The van der Waals surface area contributed by atoms with Crippen LogP contribution in [0.3, 0.4) is 0 Å². The van der Waals surface area contributed by atoms with Crippen molar-refractivity contribution in [2.24, 2.45) is 5.73 Å². The van der Waals surface area contributed by atoms with Gasteiger partial charge in [-0.05, 0) is 35.6 Å². The number of primary amides is 1. The number of hydrogen-bond donors (Lipinski definition) is 3. The first-order valence-electron chi connectivity index (χ1n) is 8.29. The molecule has 0 saturated carbocycles. The number of thiophene rings is 1. The second-order valence-electron chi connectivity index (χ2n) is 6.12. The zero-order valence-corrected chi connectivity index (χ0v) is 16.0. The Morgan fingerprint density at radius 2 is 2.04 bits per heavy atom. The van der Waals surface area contributed by atoms with E-state index in [2.05, 4.69) is 19.3 Å². The lowest BCUT2D eigenvalue weighted by Gasteiger charge is -2.19. The highest BCUT2D eigenvalue weighted by Gasteiger charge is 2.28. The van der Waals surface area contributed by atoms with Crippen LogP contribution in [0.4, 0.5) is 5.00 Å². The number of anilines is 1. The van der Waals surface area contributed by atoms with Gasteiger partial charge < -0.3 is 16.0 Å². The maximum absolute atomic E-state index is 12.6. The molecule has 0 saturated heterocycles. The van der Waals surface area contributed by atoms with E-state index >= 15 is 0 Å². The van der Waals surface area contributed by atoms with Crippen LogP contribution in [0.2, 0.25) is 0 Å². The molecule has 3 rings (SSSR count). The zero-order chi connectivity index (χ0) is 18.0. The lowest BCUT2D eigenvalue weighted by Crippen LogP contribution is -3.08. The molecular weight excluding hydrogens is 354 g/mol. The standard InChI is InChI=1S/C18H21N3O2S2/c1-3-24-12-6-4-11(5-7-12)17(23)20-18-15(16(19)22)13-8-9-21(2)10-14(13)25-18/h4-7H,3,8-10H2,1-2H3,(H2,19,22)(H,20,23)/p+1. The third-order valence-corrected chi connectivity index (χ3v) is 6.30. The molecule has 7 heteroatoms. The summed E-state index contributed by atoms with van der Waals surface area (Å²) in [6.07, 6.45) is 0.814. The first-order valence-corrected chi connectivity index (χ1v) is 10.1. The first kappa shape index (κ1) is 18.0. The average molecular weight is 377 g/mol. The molecule has 1 aromatic heterocycles. The van der Waals surface area contributed by atoms with Gasteiger partial charge in [-0.2, -0.15) is 0 Å². The minimum absolute atomic E-state index is 0.213. The van der Waals surface area contributed by atoms with E-state index in [1.54, 1.807) is 11.8 Å². The van der Waals surface area contributed by atoms with E-state index in [9.17, 15) is 9.59 Å². The summed E-state index contributed by atoms with van der Waals surface area (Å²) in [7, 11) is 2.13. The van der Waals surface area contributed by atoms with E-state index in [0.717, 1.165) is 40.6 Å². The van der Waals surface area contributed by atoms with E-state index in [1.807, 2.05) is 24.3 Å². The number of benzene rings is 1. The second kappa shape index (κ2) is 7.59. The zero-order valence-electron chi connectivity index (χ0n) is 14.3. The Morgan fingerprint density at radius 3 is 2.68 bits per heavy atom. The number of rotatable bonds is 5. The Labute approximate surface area is 155 Å². The van der Waals surface area contributed by atoms with Gasteiger partial charge in [-0.25, -0.2) is 0 Å². The minimum Gasteiger partial charge on any atom is -0.365 e. The van der Waals surface area contributed by atoms with Crippen molar-refractivity contribution >= 4 is 39.9 Å². The summed E-state index contributed by atoms with van der Waals surface area (Å²) < 4.78 is 0. The van der Waals surface area contributed by atoms with Gasteiger partial charge in [-0.15, -0.1) is 23.1 Å². The number of quaternary nitrogens is 1. The van der Waals surface area contributed by atoms with E-state index in [-0.39, 0.29) is 5.91 Å². The van der Waals surface area contributed by atoms with Crippen molar-refractivity contribution in [1.82, 2.24) is 0 Å². The van der Waals surface area contributed by atoms with Crippen LogP contribution in [0.25, 0.3) is 0 Å². The lowest BCUT2D eigenvalue weighted by atomic mass is 10.0. The van der Waals surface area contributed by atoms with E-state index in [1.165, 1.54) is 16.2 Å². The fraction of sp³-hybridized carbons (Fsp3) is 0.333. The molecule has 0 fully saturated rings. The van der Waals surface area contributed by atoms with Gasteiger partial charge in [-0.3, -0.25) is 9.59 Å². The van der Waals surface area contributed by atoms with Crippen LogP contribution in [0.5, 0.6) is 0 Å². The van der Waals surface area contributed by atoms with Crippen LogP contribution < -0.4 is 16.0 Å². The van der Waals surface area contributed by atoms with Crippen LogP contribution >= 0.6 is 23.1 Å². The van der Waals surface area contributed by atoms with Gasteiger partial charge in [0.15, 0.2) is 0 Å². The maximum Gasteiger partial charge on any atom is 0.256 e. The van der Waals surface area contributed by atoms with E-state index in [4.69, 9.17) is 5.73 Å². The molecule has 0 spiro atoms. The summed E-state index contributed by atoms with van der Waals surface area (Å²) in [6, 6.07) is 7.50. The van der Waals surface area contributed by atoms with Crippen molar-refractivity contribution < 1.29 is 14.5 Å². The number of carbonyl (C=O) groups excluding carboxylic acids is 2. The summed E-state index contributed by atoms with van der Waals surface area (Å²) in [5.41, 5.74) is 7.66. The Kier molecular flexibility index (Phi) is 5.46. The SMILES string of the molecule is CCSc1ccc(C(=O)Nc2sc3c(c2C(N)=O)CC[NH+](C)C3)cc1. The van der Waals surface area contributed by atoms with Crippen LogP contribution in [0, 0.1) is 0 Å². The molecule has 2 aromatic rings. The third kappa shape index (κ3) is 3.89. The highest BCUT2D eigenvalue weighted by molar-refractivity contribution is 7.99. The van der Waals surface area contributed by atoms with E-state index < -0.39 is 5.91 Å². The summed E-state index contributed by atoms with van der Waals surface area (Å²) in [5.74, 6) is 0.307. The Morgan fingerprint density at radius 1 is 1.32 bits per heavy atom. The van der Waals surface area contributed by atoms with Crippen LogP contribution in [0.15, 0.2) is 29.2 Å². The molecule has 1 atom stereocenters. The molecule has 0 aliphatic carbocycles. The van der Waals surface area contributed by atoms with Crippen LogP contribution in [-0.4, -0.2) is 31.2 Å². The number of nitrogens with two attached hydrogens (primary N) is 1. The van der Waals surface area contributed by atoms with Gasteiger partial charge in [0.2, 0.25) is 0 Å². The molecular formula is C18H22N3O2S2+. The van der Waals surface area contributed by atoms with Gasteiger partial charge in [0.05, 0.1) is 24.0 Å². The number of fused-ring (bicyclic) bond motifs is 1. The molecule has 4 N–H and O–H groups in total. The average Bonchev–Trinajstić information content (AvgIpc) is 2.92. The van der Waals surface area contributed by atoms with Crippen molar-refractivity contribution in [1.29, 1.82) is 0 Å². The molecule has 25 heavy (non-hydrogen) atoms. The minimum atomic E-state index is -0.470. The molecule has 1 aliphatic heterocycles. The fourth-order valence-corrected chi connectivity index (χ4v) is 5.04. The van der Waals surface area contributed by atoms with Crippen molar-refractivity contribution in [3.05, 3.63) is 45.8 Å². The number of amides is 2. The Balaban J connectivity index is 1.84. The number of nitrogens with one attached hydrogen (secondary N) is 2. The Hall–Kier alpha value is -1.83. The van der Waals surface area contributed by atoms with Gasteiger partial charge in [-0.1, -0.05) is 6.92 Å². The number of thioether (sulfide) groups is 1. The van der Waals surface area contributed by atoms with Crippen LogP contribution in [-0.2, 0) is 13.0 Å². The molecule has 1 unspecified atom stereocenters. The van der Waals surface area contributed by atoms with Gasteiger partial charge in [0.25, 0.3) is 11.8 Å². The molecule has 132 valence electrons. The number of hydrogen-bond acceptors (Lipinski definition) is 4. The highest BCUT2D eigenvalue weighted by atomic mass is 32.2. The monoisotopic (exact) mass is 376 g/mol. The number of carbonyl (C=O) groups is 2. The van der Waals surface area contributed by atoms with Crippen molar-refractivity contribution in [3.8, 4) is 0 Å². The largest absolute Gasteiger partial charge is 0.365 e. The smallest absolute Gasteiger partial charge is 0.256 e. The molecule has 2 heterocycles. The molecule has 5 nitrogen and oxygen atoms in total. The van der Waals surface area contributed by atoms with Crippen molar-refractivity contribution in [3.63, 3.8) is 0 Å². The highest BCUT2D eigenvalue weighted by Crippen LogP contribution is 2.34. The predicted molar refractivity (Wildman–Crippen MR) is 103 cm³/mol. The van der Waals surface area contributed by atoms with Gasteiger partial charge in [0, 0.05) is 16.9 Å². The number of likely N-dealkylation sites (N-methyl/N-ethyl adjacent to an activating group) is 1. The lowest BCUT2D eigenvalue weighted by molar-refractivity contribution is -0.895. The van der Waals surface area contributed by atoms with Gasteiger partial charge >= 0.3 is 0 Å². The summed E-state index contributed by atoms with van der Waals surface area (Å²) in [5, 5.41) is 3.47. The molecule has 0 bridgehead atoms. The Bertz CT molecular complexity index is 799. The van der Waals surface area contributed by atoms with Crippen LogP contribution in [0.1, 0.15) is 38.1 Å². The third-order valence-electron chi connectivity index (χ3n) is 4.26.